The van der Waals surface area contributed by atoms with Crippen LogP contribution in [0.3, 0.4) is 0 Å². The van der Waals surface area contributed by atoms with Crippen molar-refractivity contribution in [2.75, 3.05) is 17.7 Å². The SMILES string of the molecule is CNc1cccc(C(=O)Nc2ccc(C#N)cc2)c1. The minimum Gasteiger partial charge on any atom is -0.388 e. The summed E-state index contributed by atoms with van der Waals surface area (Å²) in [6.45, 7) is 0. The number of carbonyl (C=O) groups is 1. The molecule has 0 bridgehead atoms. The van der Waals surface area contributed by atoms with Crippen LogP contribution < -0.4 is 10.6 Å². The zero-order chi connectivity index (χ0) is 13.7. The molecule has 2 aromatic rings. The molecule has 0 saturated heterocycles. The molecule has 0 unspecified atom stereocenters. The summed E-state index contributed by atoms with van der Waals surface area (Å²) in [5.41, 5.74) is 2.69. The molecule has 4 nitrogen and oxygen atoms in total. The number of carbonyl (C=O) groups excluding carboxylic acids is 1. The van der Waals surface area contributed by atoms with Crippen LogP contribution in [0.4, 0.5) is 11.4 Å². The molecule has 19 heavy (non-hydrogen) atoms. The van der Waals surface area contributed by atoms with E-state index in [1.165, 1.54) is 0 Å². The van der Waals surface area contributed by atoms with E-state index >= 15 is 0 Å². The van der Waals surface area contributed by atoms with Crippen molar-refractivity contribution < 1.29 is 4.79 Å². The van der Waals surface area contributed by atoms with E-state index in [4.69, 9.17) is 5.26 Å². The maximum absolute atomic E-state index is 12.0. The van der Waals surface area contributed by atoms with Crippen LogP contribution in [0, 0.1) is 11.3 Å². The molecule has 2 rings (SSSR count). The Balaban J connectivity index is 2.13. The highest BCUT2D eigenvalue weighted by molar-refractivity contribution is 6.04. The minimum absolute atomic E-state index is 0.179. The maximum atomic E-state index is 12.0. The van der Waals surface area contributed by atoms with E-state index in [2.05, 4.69) is 10.6 Å². The molecule has 0 aliphatic carbocycles. The van der Waals surface area contributed by atoms with Gasteiger partial charge in [-0.3, -0.25) is 4.79 Å². The Morgan fingerprint density at radius 1 is 1.11 bits per heavy atom. The third-order valence-electron chi connectivity index (χ3n) is 2.69. The summed E-state index contributed by atoms with van der Waals surface area (Å²) < 4.78 is 0. The van der Waals surface area contributed by atoms with Gasteiger partial charge in [0.2, 0.25) is 0 Å². The smallest absolute Gasteiger partial charge is 0.255 e. The number of nitrogens with zero attached hydrogens (tertiary/aromatic N) is 1. The molecule has 1 amide bonds. The summed E-state index contributed by atoms with van der Waals surface area (Å²) in [5.74, 6) is -0.179. The van der Waals surface area contributed by atoms with Gasteiger partial charge in [-0.15, -0.1) is 0 Å². The van der Waals surface area contributed by atoms with E-state index in [0.717, 1.165) is 5.69 Å². The molecule has 0 radical (unpaired) electrons. The molecule has 0 aliphatic heterocycles. The molecule has 0 saturated carbocycles. The lowest BCUT2D eigenvalue weighted by molar-refractivity contribution is 0.102. The summed E-state index contributed by atoms with van der Waals surface area (Å²) in [4.78, 5) is 12.0. The number of hydrogen-bond acceptors (Lipinski definition) is 3. The van der Waals surface area contributed by atoms with Gasteiger partial charge < -0.3 is 10.6 Å². The fraction of sp³-hybridized carbons (Fsp3) is 0.0667. The fourth-order valence-electron chi connectivity index (χ4n) is 1.65. The lowest BCUT2D eigenvalue weighted by Crippen LogP contribution is -2.12. The summed E-state index contributed by atoms with van der Waals surface area (Å²) >= 11 is 0. The number of amides is 1. The predicted molar refractivity (Wildman–Crippen MR) is 75.1 cm³/mol. The Bertz CT molecular complexity index is 627. The Kier molecular flexibility index (Phi) is 3.79. The van der Waals surface area contributed by atoms with Gasteiger partial charge in [0.1, 0.15) is 0 Å². The standard InChI is InChI=1S/C15H13N3O/c1-17-14-4-2-3-12(9-14)15(19)18-13-7-5-11(10-16)6-8-13/h2-9,17H,1H3,(H,18,19). The molecule has 94 valence electrons. The van der Waals surface area contributed by atoms with Crippen molar-refractivity contribution in [2.45, 2.75) is 0 Å². The lowest BCUT2D eigenvalue weighted by atomic mass is 10.1. The Labute approximate surface area is 111 Å². The Morgan fingerprint density at radius 2 is 1.84 bits per heavy atom. The van der Waals surface area contributed by atoms with Gasteiger partial charge in [0.05, 0.1) is 11.6 Å². The third kappa shape index (κ3) is 3.11. The van der Waals surface area contributed by atoms with Gasteiger partial charge in [0.25, 0.3) is 5.91 Å². The minimum atomic E-state index is -0.179. The van der Waals surface area contributed by atoms with Crippen LogP contribution in [-0.4, -0.2) is 13.0 Å². The lowest BCUT2D eigenvalue weighted by Gasteiger charge is -2.07. The largest absolute Gasteiger partial charge is 0.388 e. The van der Waals surface area contributed by atoms with Crippen LogP contribution in [0.15, 0.2) is 48.5 Å². The van der Waals surface area contributed by atoms with Crippen molar-refractivity contribution in [1.29, 1.82) is 5.26 Å². The van der Waals surface area contributed by atoms with Crippen molar-refractivity contribution in [1.82, 2.24) is 0 Å². The molecular formula is C15H13N3O. The molecule has 0 fully saturated rings. The average Bonchev–Trinajstić information content (AvgIpc) is 2.48. The highest BCUT2D eigenvalue weighted by Crippen LogP contribution is 2.13. The molecule has 0 spiro atoms. The molecular weight excluding hydrogens is 238 g/mol. The van der Waals surface area contributed by atoms with Gasteiger partial charge in [-0.2, -0.15) is 5.26 Å². The van der Waals surface area contributed by atoms with Gasteiger partial charge in [-0.25, -0.2) is 0 Å². The van der Waals surface area contributed by atoms with Crippen molar-refractivity contribution in [3.05, 3.63) is 59.7 Å². The quantitative estimate of drug-likeness (QED) is 0.881. The number of benzene rings is 2. The second-order valence-electron chi connectivity index (χ2n) is 3.97. The van der Waals surface area contributed by atoms with Crippen LogP contribution in [0.5, 0.6) is 0 Å². The number of nitriles is 1. The van der Waals surface area contributed by atoms with Crippen LogP contribution in [0.2, 0.25) is 0 Å². The highest BCUT2D eigenvalue weighted by atomic mass is 16.1. The van der Waals surface area contributed by atoms with Crippen molar-refractivity contribution in [3.63, 3.8) is 0 Å². The molecule has 0 aromatic heterocycles. The van der Waals surface area contributed by atoms with E-state index in [9.17, 15) is 4.79 Å². The van der Waals surface area contributed by atoms with Gasteiger partial charge in [0, 0.05) is 24.0 Å². The summed E-state index contributed by atoms with van der Waals surface area (Å²) in [5, 5.41) is 14.5. The molecule has 0 aliphatic rings. The average molecular weight is 251 g/mol. The van der Waals surface area contributed by atoms with E-state index in [0.29, 0.717) is 16.8 Å². The van der Waals surface area contributed by atoms with Gasteiger partial charge in [-0.1, -0.05) is 6.07 Å². The second-order valence-corrected chi connectivity index (χ2v) is 3.97. The first-order valence-electron chi connectivity index (χ1n) is 5.82. The molecule has 4 heteroatoms. The number of anilines is 2. The Hall–Kier alpha value is -2.80. The van der Waals surface area contributed by atoms with Crippen LogP contribution in [0.1, 0.15) is 15.9 Å². The van der Waals surface area contributed by atoms with Crippen molar-refractivity contribution in [2.24, 2.45) is 0 Å². The molecule has 0 atom stereocenters. The first kappa shape index (κ1) is 12.7. The second kappa shape index (κ2) is 5.69. The third-order valence-corrected chi connectivity index (χ3v) is 2.69. The van der Waals surface area contributed by atoms with Crippen LogP contribution in [0.25, 0.3) is 0 Å². The van der Waals surface area contributed by atoms with Gasteiger partial charge in [-0.05, 0) is 42.5 Å². The summed E-state index contributed by atoms with van der Waals surface area (Å²) in [6, 6.07) is 16.0. The summed E-state index contributed by atoms with van der Waals surface area (Å²) in [6.07, 6.45) is 0. The number of nitrogens with one attached hydrogen (secondary N) is 2. The van der Waals surface area contributed by atoms with Crippen LogP contribution >= 0.6 is 0 Å². The molecule has 0 heterocycles. The number of rotatable bonds is 3. The predicted octanol–water partition coefficient (Wildman–Crippen LogP) is 2.85. The number of hydrogen-bond donors (Lipinski definition) is 2. The fourth-order valence-corrected chi connectivity index (χ4v) is 1.65. The maximum Gasteiger partial charge on any atom is 0.255 e. The zero-order valence-corrected chi connectivity index (χ0v) is 10.5. The van der Waals surface area contributed by atoms with E-state index in [1.807, 2.05) is 18.2 Å². The Morgan fingerprint density at radius 3 is 2.47 bits per heavy atom. The van der Waals surface area contributed by atoms with E-state index in [1.54, 1.807) is 43.4 Å². The molecule has 2 N–H and O–H groups in total. The molecule has 2 aromatic carbocycles. The van der Waals surface area contributed by atoms with Crippen molar-refractivity contribution >= 4 is 17.3 Å². The normalized spacial score (nSPS) is 9.47. The van der Waals surface area contributed by atoms with Gasteiger partial charge in [0.15, 0.2) is 0 Å². The van der Waals surface area contributed by atoms with E-state index < -0.39 is 0 Å². The first-order chi connectivity index (χ1) is 9.22. The van der Waals surface area contributed by atoms with Crippen LogP contribution in [-0.2, 0) is 0 Å². The summed E-state index contributed by atoms with van der Waals surface area (Å²) in [7, 11) is 1.80. The zero-order valence-electron chi connectivity index (χ0n) is 10.5. The van der Waals surface area contributed by atoms with E-state index in [-0.39, 0.29) is 5.91 Å². The van der Waals surface area contributed by atoms with Crippen molar-refractivity contribution in [3.8, 4) is 6.07 Å². The topological polar surface area (TPSA) is 64.9 Å². The van der Waals surface area contributed by atoms with Gasteiger partial charge >= 0.3 is 0 Å². The first-order valence-corrected chi connectivity index (χ1v) is 5.82. The monoisotopic (exact) mass is 251 g/mol. The highest BCUT2D eigenvalue weighted by Gasteiger charge is 2.06.